The molecule has 4 heterocycles. The third-order valence-electron chi connectivity index (χ3n) is 7.40. The predicted molar refractivity (Wildman–Crippen MR) is 134 cm³/mol. The number of piperazine rings is 1. The van der Waals surface area contributed by atoms with Gasteiger partial charge < -0.3 is 19.3 Å². The van der Waals surface area contributed by atoms with Gasteiger partial charge in [0.05, 0.1) is 18.8 Å². The van der Waals surface area contributed by atoms with Crippen LogP contribution in [0.5, 0.6) is 11.8 Å². The SMILES string of the molecule is COc1nnc2ccc(N3CCC(c4ccc(OCCN5CCN(C)C(=O)[C@H]5C)cc4)CC3)cn12. The van der Waals surface area contributed by atoms with Crippen LogP contribution in [0.3, 0.4) is 0 Å². The van der Waals surface area contributed by atoms with Gasteiger partial charge in [0.25, 0.3) is 0 Å². The molecule has 0 spiro atoms. The molecule has 2 aliphatic rings. The Hall–Kier alpha value is -3.33. The van der Waals surface area contributed by atoms with E-state index in [1.807, 2.05) is 24.4 Å². The molecule has 0 saturated carbocycles. The minimum absolute atomic E-state index is 0.0776. The van der Waals surface area contributed by atoms with Crippen molar-refractivity contribution >= 4 is 17.2 Å². The van der Waals surface area contributed by atoms with Crippen LogP contribution in [0.25, 0.3) is 5.65 Å². The summed E-state index contributed by atoms with van der Waals surface area (Å²) in [7, 11) is 3.48. The van der Waals surface area contributed by atoms with Gasteiger partial charge in [0.15, 0.2) is 5.65 Å². The molecule has 2 aromatic heterocycles. The first-order chi connectivity index (χ1) is 17.0. The van der Waals surface area contributed by atoms with Gasteiger partial charge in [0.1, 0.15) is 12.4 Å². The number of amides is 1. The van der Waals surface area contributed by atoms with E-state index >= 15 is 0 Å². The van der Waals surface area contributed by atoms with E-state index in [0.29, 0.717) is 18.5 Å². The van der Waals surface area contributed by atoms with Crippen molar-refractivity contribution in [2.24, 2.45) is 0 Å². The smallest absolute Gasteiger partial charge is 0.321 e. The molecule has 186 valence electrons. The van der Waals surface area contributed by atoms with Crippen LogP contribution in [0, 0.1) is 0 Å². The Morgan fingerprint density at radius 3 is 2.51 bits per heavy atom. The molecule has 35 heavy (non-hydrogen) atoms. The molecule has 0 bridgehead atoms. The zero-order valence-corrected chi connectivity index (χ0v) is 20.8. The van der Waals surface area contributed by atoms with Gasteiger partial charge in [-0.25, -0.2) is 0 Å². The van der Waals surface area contributed by atoms with E-state index in [-0.39, 0.29) is 11.9 Å². The second kappa shape index (κ2) is 10.1. The summed E-state index contributed by atoms with van der Waals surface area (Å²) in [4.78, 5) is 18.6. The summed E-state index contributed by atoms with van der Waals surface area (Å²) in [5.74, 6) is 1.62. The van der Waals surface area contributed by atoms with Crippen molar-refractivity contribution in [1.82, 2.24) is 24.4 Å². The van der Waals surface area contributed by atoms with Crippen molar-refractivity contribution in [3.63, 3.8) is 0 Å². The van der Waals surface area contributed by atoms with Gasteiger partial charge in [0, 0.05) is 46.0 Å². The summed E-state index contributed by atoms with van der Waals surface area (Å²) in [5.41, 5.74) is 3.31. The second-order valence-corrected chi connectivity index (χ2v) is 9.45. The first-order valence-corrected chi connectivity index (χ1v) is 12.4. The van der Waals surface area contributed by atoms with Crippen LogP contribution in [0.15, 0.2) is 42.6 Å². The highest BCUT2D eigenvalue weighted by Gasteiger charge is 2.29. The number of anilines is 1. The first-order valence-electron chi connectivity index (χ1n) is 12.4. The number of aromatic nitrogens is 3. The fraction of sp³-hybridized carbons (Fsp3) is 0.500. The number of carbonyl (C=O) groups excluding carboxylic acids is 1. The lowest BCUT2D eigenvalue weighted by molar-refractivity contribution is -0.139. The maximum absolute atomic E-state index is 12.2. The van der Waals surface area contributed by atoms with Crippen LogP contribution in [-0.4, -0.2) is 89.8 Å². The fourth-order valence-electron chi connectivity index (χ4n) is 5.14. The molecule has 0 aliphatic carbocycles. The predicted octanol–water partition coefficient (Wildman–Crippen LogP) is 2.66. The largest absolute Gasteiger partial charge is 0.492 e. The van der Waals surface area contributed by atoms with Gasteiger partial charge in [-0.15, -0.1) is 5.10 Å². The number of carbonyl (C=O) groups is 1. The summed E-state index contributed by atoms with van der Waals surface area (Å²) in [6, 6.07) is 13.1. The first kappa shape index (κ1) is 23.4. The number of methoxy groups -OCH3 is 1. The highest BCUT2D eigenvalue weighted by Crippen LogP contribution is 2.31. The Morgan fingerprint density at radius 2 is 1.77 bits per heavy atom. The molecule has 9 nitrogen and oxygen atoms in total. The number of piperidine rings is 1. The maximum Gasteiger partial charge on any atom is 0.321 e. The minimum atomic E-state index is -0.0776. The summed E-state index contributed by atoms with van der Waals surface area (Å²) < 4.78 is 13.2. The average Bonchev–Trinajstić information content (AvgIpc) is 3.31. The molecule has 2 aliphatic heterocycles. The quantitative estimate of drug-likeness (QED) is 0.517. The summed E-state index contributed by atoms with van der Waals surface area (Å²) in [5, 5.41) is 8.18. The molecule has 1 aromatic carbocycles. The van der Waals surface area contributed by atoms with Gasteiger partial charge in [-0.2, -0.15) is 0 Å². The lowest BCUT2D eigenvalue weighted by atomic mass is 9.89. The number of ether oxygens (including phenoxy) is 2. The monoisotopic (exact) mass is 478 g/mol. The molecular weight excluding hydrogens is 444 g/mol. The molecule has 1 amide bonds. The van der Waals surface area contributed by atoms with E-state index in [4.69, 9.17) is 9.47 Å². The van der Waals surface area contributed by atoms with Crippen molar-refractivity contribution < 1.29 is 14.3 Å². The highest BCUT2D eigenvalue weighted by atomic mass is 16.5. The summed E-state index contributed by atoms with van der Waals surface area (Å²) in [6.45, 7) is 6.99. The normalized spacial score (nSPS) is 20.0. The number of pyridine rings is 1. The molecule has 5 rings (SSSR count). The number of likely N-dealkylation sites (N-methyl/N-ethyl adjacent to an activating group) is 1. The fourth-order valence-corrected chi connectivity index (χ4v) is 5.14. The average molecular weight is 479 g/mol. The zero-order valence-electron chi connectivity index (χ0n) is 20.8. The molecular formula is C26H34N6O3. The molecule has 1 atom stereocenters. The zero-order chi connectivity index (χ0) is 24.4. The number of fused-ring (bicyclic) bond motifs is 1. The topological polar surface area (TPSA) is 75.4 Å². The van der Waals surface area contributed by atoms with E-state index in [2.05, 4.69) is 56.5 Å². The van der Waals surface area contributed by atoms with Crippen LogP contribution in [0.1, 0.15) is 31.2 Å². The Balaban J connectivity index is 1.12. The van der Waals surface area contributed by atoms with E-state index in [9.17, 15) is 4.79 Å². The van der Waals surface area contributed by atoms with Crippen LogP contribution in [0.4, 0.5) is 5.69 Å². The summed E-state index contributed by atoms with van der Waals surface area (Å²) in [6.07, 6.45) is 4.26. The van der Waals surface area contributed by atoms with E-state index < -0.39 is 0 Å². The Morgan fingerprint density at radius 1 is 1.00 bits per heavy atom. The van der Waals surface area contributed by atoms with Gasteiger partial charge in [-0.05, 0) is 55.5 Å². The molecule has 0 unspecified atom stereocenters. The van der Waals surface area contributed by atoms with Gasteiger partial charge >= 0.3 is 6.01 Å². The van der Waals surface area contributed by atoms with Crippen LogP contribution in [0.2, 0.25) is 0 Å². The van der Waals surface area contributed by atoms with Gasteiger partial charge in [-0.3, -0.25) is 14.1 Å². The minimum Gasteiger partial charge on any atom is -0.492 e. The number of hydrogen-bond acceptors (Lipinski definition) is 7. The molecule has 0 radical (unpaired) electrons. The lowest BCUT2D eigenvalue weighted by Crippen LogP contribution is -2.55. The van der Waals surface area contributed by atoms with Crippen molar-refractivity contribution in [3.05, 3.63) is 48.2 Å². The Kier molecular flexibility index (Phi) is 6.77. The van der Waals surface area contributed by atoms with E-state index in [1.165, 1.54) is 5.56 Å². The second-order valence-electron chi connectivity index (χ2n) is 9.45. The van der Waals surface area contributed by atoms with Gasteiger partial charge in [-0.1, -0.05) is 17.2 Å². The van der Waals surface area contributed by atoms with Crippen molar-refractivity contribution in [3.8, 4) is 11.8 Å². The standard InChI is InChI=1S/C26H34N6O3/c1-19-25(33)29(2)14-15-30(19)16-17-35-23-7-4-20(5-8-23)21-10-12-31(13-11-21)22-6-9-24-27-28-26(34-3)32(24)18-22/h4-9,18-19,21H,10-17H2,1-3H3/t19-/m1/s1. The van der Waals surface area contributed by atoms with Crippen LogP contribution >= 0.6 is 0 Å². The van der Waals surface area contributed by atoms with Crippen molar-refractivity contribution in [1.29, 1.82) is 0 Å². The third-order valence-corrected chi connectivity index (χ3v) is 7.40. The van der Waals surface area contributed by atoms with Crippen LogP contribution in [-0.2, 0) is 4.79 Å². The number of rotatable bonds is 7. The third kappa shape index (κ3) is 4.91. The summed E-state index contributed by atoms with van der Waals surface area (Å²) >= 11 is 0. The van der Waals surface area contributed by atoms with E-state index in [0.717, 1.165) is 62.6 Å². The molecule has 2 fully saturated rings. The van der Waals surface area contributed by atoms with Gasteiger partial charge in [0.2, 0.25) is 5.91 Å². The molecule has 0 N–H and O–H groups in total. The lowest BCUT2D eigenvalue weighted by Gasteiger charge is -2.37. The Labute approximate surface area is 206 Å². The Bertz CT molecular complexity index is 1160. The number of hydrogen-bond donors (Lipinski definition) is 0. The maximum atomic E-state index is 12.2. The van der Waals surface area contributed by atoms with E-state index in [1.54, 1.807) is 12.0 Å². The molecule has 3 aromatic rings. The molecule has 2 saturated heterocycles. The van der Waals surface area contributed by atoms with Crippen molar-refractivity contribution in [2.75, 3.05) is 58.4 Å². The number of nitrogens with zero attached hydrogens (tertiary/aromatic N) is 6. The molecule has 9 heteroatoms. The van der Waals surface area contributed by atoms with Crippen molar-refractivity contribution in [2.45, 2.75) is 31.7 Å². The highest BCUT2D eigenvalue weighted by molar-refractivity contribution is 5.81. The number of benzene rings is 1. The van der Waals surface area contributed by atoms with Crippen LogP contribution < -0.4 is 14.4 Å².